The van der Waals surface area contributed by atoms with Gasteiger partial charge >= 0.3 is 0 Å². The average molecular weight is 239 g/mol. The summed E-state index contributed by atoms with van der Waals surface area (Å²) < 4.78 is 25.8. The van der Waals surface area contributed by atoms with Gasteiger partial charge in [-0.3, -0.25) is 0 Å². The molecule has 1 aromatic carbocycles. The zero-order chi connectivity index (χ0) is 12.2. The van der Waals surface area contributed by atoms with Gasteiger partial charge in [-0.25, -0.2) is 13.1 Å². The van der Waals surface area contributed by atoms with E-state index in [0.29, 0.717) is 0 Å². The molecule has 0 saturated heterocycles. The second-order valence-electron chi connectivity index (χ2n) is 4.61. The lowest BCUT2D eigenvalue weighted by Gasteiger charge is -2.18. The molecule has 0 fully saturated rings. The lowest BCUT2D eigenvalue weighted by atomic mass is 10.1. The molecule has 4 heteroatoms. The van der Waals surface area contributed by atoms with Crippen LogP contribution >= 0.6 is 0 Å². The summed E-state index contributed by atoms with van der Waals surface area (Å²) in [5, 5.41) is 1.19. The Labute approximate surface area is 97.2 Å². The van der Waals surface area contributed by atoms with Crippen LogP contribution in [0.3, 0.4) is 0 Å². The third-order valence-electron chi connectivity index (χ3n) is 1.69. The predicted molar refractivity (Wildman–Crippen MR) is 67.3 cm³/mol. The number of rotatable bonds is 3. The number of hydrogen-bond donors (Lipinski definition) is 1. The van der Waals surface area contributed by atoms with Crippen molar-refractivity contribution in [2.75, 3.05) is 0 Å². The van der Waals surface area contributed by atoms with E-state index >= 15 is 0 Å². The first-order valence-corrected chi connectivity index (χ1v) is 6.60. The molecule has 0 aromatic heterocycles. The van der Waals surface area contributed by atoms with Crippen LogP contribution in [0.1, 0.15) is 26.3 Å². The van der Waals surface area contributed by atoms with Crippen LogP contribution in [0.5, 0.6) is 0 Å². The first-order valence-electron chi connectivity index (χ1n) is 5.06. The molecule has 0 unspecified atom stereocenters. The van der Waals surface area contributed by atoms with Crippen molar-refractivity contribution in [2.45, 2.75) is 26.3 Å². The maximum absolute atomic E-state index is 11.6. The van der Waals surface area contributed by atoms with E-state index in [-0.39, 0.29) is 0 Å². The lowest BCUT2D eigenvalue weighted by Crippen LogP contribution is -2.39. The lowest BCUT2D eigenvalue weighted by molar-refractivity contribution is 0.497. The number of benzene rings is 1. The van der Waals surface area contributed by atoms with E-state index in [2.05, 4.69) is 4.72 Å². The van der Waals surface area contributed by atoms with Crippen molar-refractivity contribution < 1.29 is 8.42 Å². The van der Waals surface area contributed by atoms with Crippen LogP contribution in [-0.2, 0) is 10.0 Å². The fourth-order valence-electron chi connectivity index (χ4n) is 1.19. The molecule has 0 aliphatic rings. The fourth-order valence-corrected chi connectivity index (χ4v) is 2.45. The van der Waals surface area contributed by atoms with E-state index in [1.54, 1.807) is 26.8 Å². The van der Waals surface area contributed by atoms with Crippen molar-refractivity contribution in [3.63, 3.8) is 0 Å². The minimum absolute atomic E-state index is 0.458. The van der Waals surface area contributed by atoms with E-state index in [0.717, 1.165) is 5.56 Å². The van der Waals surface area contributed by atoms with E-state index in [4.69, 9.17) is 0 Å². The van der Waals surface area contributed by atoms with Crippen molar-refractivity contribution in [2.24, 2.45) is 0 Å². The summed E-state index contributed by atoms with van der Waals surface area (Å²) in [4.78, 5) is 0. The van der Waals surface area contributed by atoms with E-state index in [1.807, 2.05) is 30.3 Å². The van der Waals surface area contributed by atoms with Gasteiger partial charge in [0.15, 0.2) is 0 Å². The topological polar surface area (TPSA) is 46.2 Å². The van der Waals surface area contributed by atoms with Gasteiger partial charge in [-0.2, -0.15) is 0 Å². The van der Waals surface area contributed by atoms with Crippen molar-refractivity contribution in [3.05, 3.63) is 41.3 Å². The Morgan fingerprint density at radius 2 is 1.69 bits per heavy atom. The van der Waals surface area contributed by atoms with E-state index < -0.39 is 15.6 Å². The number of hydrogen-bond acceptors (Lipinski definition) is 2. The Hall–Kier alpha value is -1.13. The SMILES string of the molecule is CC(C)(C)NS(=O)(=O)/C=C\c1ccccc1. The summed E-state index contributed by atoms with van der Waals surface area (Å²) in [6.07, 6.45) is 1.58. The summed E-state index contributed by atoms with van der Waals surface area (Å²) in [6, 6.07) is 9.32. The van der Waals surface area contributed by atoms with E-state index in [1.165, 1.54) is 5.41 Å². The molecule has 0 amide bonds. The fraction of sp³-hybridized carbons (Fsp3) is 0.333. The van der Waals surface area contributed by atoms with Crippen molar-refractivity contribution in [1.29, 1.82) is 0 Å². The van der Waals surface area contributed by atoms with Crippen LogP contribution in [0.4, 0.5) is 0 Å². The minimum Gasteiger partial charge on any atom is -0.208 e. The highest BCUT2D eigenvalue weighted by Crippen LogP contribution is 2.06. The smallest absolute Gasteiger partial charge is 0.208 e. The molecule has 0 aliphatic heterocycles. The maximum atomic E-state index is 11.6. The van der Waals surface area contributed by atoms with Gasteiger partial charge in [0.25, 0.3) is 0 Å². The van der Waals surface area contributed by atoms with Gasteiger partial charge in [-0.1, -0.05) is 30.3 Å². The third kappa shape index (κ3) is 5.09. The maximum Gasteiger partial charge on any atom is 0.234 e. The summed E-state index contributed by atoms with van der Waals surface area (Å²) >= 11 is 0. The Morgan fingerprint density at radius 1 is 1.12 bits per heavy atom. The van der Waals surface area contributed by atoms with Gasteiger partial charge in [0.1, 0.15) is 0 Å². The first kappa shape index (κ1) is 12.9. The van der Waals surface area contributed by atoms with Gasteiger partial charge in [-0.05, 0) is 32.4 Å². The second kappa shape index (κ2) is 4.80. The molecule has 88 valence electrons. The number of sulfonamides is 1. The van der Waals surface area contributed by atoms with Crippen molar-refractivity contribution in [3.8, 4) is 0 Å². The molecule has 0 heterocycles. The zero-order valence-electron chi connectivity index (χ0n) is 9.77. The highest BCUT2D eigenvalue weighted by Gasteiger charge is 2.16. The van der Waals surface area contributed by atoms with Gasteiger partial charge in [0, 0.05) is 10.9 Å². The molecule has 0 aliphatic carbocycles. The quantitative estimate of drug-likeness (QED) is 0.880. The molecular formula is C12H17NO2S. The molecule has 0 radical (unpaired) electrons. The van der Waals surface area contributed by atoms with Gasteiger partial charge in [-0.15, -0.1) is 0 Å². The molecule has 0 saturated carbocycles. The van der Waals surface area contributed by atoms with Crippen LogP contribution in [-0.4, -0.2) is 14.0 Å². The van der Waals surface area contributed by atoms with Gasteiger partial charge < -0.3 is 0 Å². The third-order valence-corrected chi connectivity index (χ3v) is 3.08. The minimum atomic E-state index is -3.37. The molecule has 1 aromatic rings. The Morgan fingerprint density at radius 3 is 2.19 bits per heavy atom. The molecule has 1 N–H and O–H groups in total. The monoisotopic (exact) mass is 239 g/mol. The Kier molecular flexibility index (Phi) is 3.88. The number of nitrogens with one attached hydrogen (secondary N) is 1. The summed E-state index contributed by atoms with van der Waals surface area (Å²) in [5.41, 5.74) is 0.404. The zero-order valence-corrected chi connectivity index (χ0v) is 10.6. The van der Waals surface area contributed by atoms with Gasteiger partial charge in [0.05, 0.1) is 0 Å². The van der Waals surface area contributed by atoms with E-state index in [9.17, 15) is 8.42 Å². The first-order chi connectivity index (χ1) is 7.29. The summed E-state index contributed by atoms with van der Waals surface area (Å²) in [6.45, 7) is 5.42. The largest absolute Gasteiger partial charge is 0.234 e. The van der Waals surface area contributed by atoms with Crippen LogP contribution in [0, 0.1) is 0 Å². The molecule has 0 spiro atoms. The Bertz CT molecular complexity index is 456. The van der Waals surface area contributed by atoms with Crippen LogP contribution < -0.4 is 4.72 Å². The summed E-state index contributed by atoms with van der Waals surface area (Å²) in [7, 11) is -3.37. The van der Waals surface area contributed by atoms with Crippen LogP contribution in [0.15, 0.2) is 35.7 Å². The summed E-state index contributed by atoms with van der Waals surface area (Å²) in [5.74, 6) is 0. The molecular weight excluding hydrogens is 222 g/mol. The molecule has 16 heavy (non-hydrogen) atoms. The van der Waals surface area contributed by atoms with Crippen molar-refractivity contribution >= 4 is 16.1 Å². The van der Waals surface area contributed by atoms with Crippen LogP contribution in [0.25, 0.3) is 6.08 Å². The highest BCUT2D eigenvalue weighted by atomic mass is 32.2. The second-order valence-corrected chi connectivity index (χ2v) is 6.18. The Balaban J connectivity index is 2.78. The average Bonchev–Trinajstić information content (AvgIpc) is 2.13. The molecule has 1 rings (SSSR count). The molecule has 0 atom stereocenters. The molecule has 3 nitrogen and oxygen atoms in total. The van der Waals surface area contributed by atoms with Crippen LogP contribution in [0.2, 0.25) is 0 Å². The molecule has 0 bridgehead atoms. The predicted octanol–water partition coefficient (Wildman–Crippen LogP) is 2.38. The van der Waals surface area contributed by atoms with Gasteiger partial charge in [0.2, 0.25) is 10.0 Å². The van der Waals surface area contributed by atoms with Crippen molar-refractivity contribution in [1.82, 2.24) is 4.72 Å². The standard InChI is InChI=1S/C12H17NO2S/c1-12(2,3)13-16(14,15)10-9-11-7-5-4-6-8-11/h4-10,13H,1-3H3/b10-9-. The normalized spacial score (nSPS) is 13.2. The highest BCUT2D eigenvalue weighted by molar-refractivity contribution is 7.92.